The van der Waals surface area contributed by atoms with Crippen LogP contribution in [-0.4, -0.2) is 48.2 Å². The average molecular weight is 435 g/mol. The Bertz CT molecular complexity index is 460. The summed E-state index contributed by atoms with van der Waals surface area (Å²) in [6.45, 7) is 9.68. The van der Waals surface area contributed by atoms with Gasteiger partial charge in [0.05, 0.1) is 12.4 Å². The summed E-state index contributed by atoms with van der Waals surface area (Å²) < 4.78 is 5.36. The molecule has 23 heavy (non-hydrogen) atoms. The van der Waals surface area contributed by atoms with Crippen molar-refractivity contribution in [3.8, 4) is 0 Å². The van der Waals surface area contributed by atoms with E-state index in [9.17, 15) is 5.11 Å². The standard InChI is InChI=1S/C17H29N3O2.HI/c1-13(2)11-19-17(18-8-6-16-5-4-10-22-16)20-9-7-15(12-20)14(3)21;/h4-5,10,13-15,21H,6-9,11-12H2,1-3H3,(H,18,19);1H. The third kappa shape index (κ3) is 6.71. The van der Waals surface area contributed by atoms with Gasteiger partial charge in [0, 0.05) is 38.5 Å². The van der Waals surface area contributed by atoms with Crippen LogP contribution in [0.3, 0.4) is 0 Å². The SMILES string of the molecule is CC(C)CN=C(NCCc1ccco1)N1CCC(C(C)O)C1.I. The lowest BCUT2D eigenvalue weighted by atomic mass is 10.0. The maximum absolute atomic E-state index is 9.77. The molecule has 132 valence electrons. The zero-order valence-corrected chi connectivity index (χ0v) is 16.7. The zero-order valence-electron chi connectivity index (χ0n) is 14.4. The summed E-state index contributed by atoms with van der Waals surface area (Å²) in [7, 11) is 0. The Morgan fingerprint density at radius 3 is 2.83 bits per heavy atom. The predicted molar refractivity (Wildman–Crippen MR) is 104 cm³/mol. The van der Waals surface area contributed by atoms with Crippen molar-refractivity contribution < 1.29 is 9.52 Å². The summed E-state index contributed by atoms with van der Waals surface area (Å²) in [5.74, 6) is 2.83. The Balaban J connectivity index is 0.00000264. The van der Waals surface area contributed by atoms with Crippen LogP contribution in [-0.2, 0) is 6.42 Å². The first-order chi connectivity index (χ1) is 10.6. The molecule has 1 fully saturated rings. The maximum atomic E-state index is 9.77. The van der Waals surface area contributed by atoms with Gasteiger partial charge in [0.2, 0.25) is 0 Å². The number of halogens is 1. The van der Waals surface area contributed by atoms with Gasteiger partial charge in [-0.1, -0.05) is 13.8 Å². The van der Waals surface area contributed by atoms with Gasteiger partial charge in [0.25, 0.3) is 0 Å². The Morgan fingerprint density at radius 1 is 1.48 bits per heavy atom. The summed E-state index contributed by atoms with van der Waals surface area (Å²) in [6.07, 6.45) is 3.33. The normalized spacial score (nSPS) is 19.8. The van der Waals surface area contributed by atoms with Crippen molar-refractivity contribution in [3.63, 3.8) is 0 Å². The summed E-state index contributed by atoms with van der Waals surface area (Å²) in [5.41, 5.74) is 0. The molecule has 2 N–H and O–H groups in total. The minimum absolute atomic E-state index is 0. The first-order valence-electron chi connectivity index (χ1n) is 8.30. The predicted octanol–water partition coefficient (Wildman–Crippen LogP) is 2.74. The molecule has 0 spiro atoms. The highest BCUT2D eigenvalue weighted by Crippen LogP contribution is 2.19. The molecule has 1 aliphatic rings. The fourth-order valence-electron chi connectivity index (χ4n) is 2.66. The molecule has 2 atom stereocenters. The maximum Gasteiger partial charge on any atom is 0.193 e. The number of guanidine groups is 1. The van der Waals surface area contributed by atoms with Gasteiger partial charge in [0.15, 0.2) is 5.96 Å². The molecule has 0 aromatic carbocycles. The largest absolute Gasteiger partial charge is 0.469 e. The number of aliphatic hydroxyl groups is 1. The molecule has 1 saturated heterocycles. The van der Waals surface area contributed by atoms with Gasteiger partial charge in [-0.2, -0.15) is 0 Å². The quantitative estimate of drug-likeness (QED) is 0.410. The second kappa shape index (κ2) is 10.2. The van der Waals surface area contributed by atoms with E-state index < -0.39 is 0 Å². The van der Waals surface area contributed by atoms with Gasteiger partial charge < -0.3 is 19.7 Å². The monoisotopic (exact) mass is 435 g/mol. The summed E-state index contributed by atoms with van der Waals surface area (Å²) in [6, 6.07) is 3.91. The molecule has 0 radical (unpaired) electrons. The van der Waals surface area contributed by atoms with E-state index in [0.717, 1.165) is 50.7 Å². The highest BCUT2D eigenvalue weighted by molar-refractivity contribution is 14.0. The molecule has 1 aromatic heterocycles. The smallest absolute Gasteiger partial charge is 0.193 e. The van der Waals surface area contributed by atoms with Crippen LogP contribution in [0, 0.1) is 11.8 Å². The molecule has 5 nitrogen and oxygen atoms in total. The van der Waals surface area contributed by atoms with E-state index in [1.165, 1.54) is 0 Å². The minimum atomic E-state index is -0.250. The number of nitrogens with zero attached hydrogens (tertiary/aromatic N) is 2. The van der Waals surface area contributed by atoms with Crippen LogP contribution in [0.15, 0.2) is 27.8 Å². The molecule has 2 rings (SSSR count). The van der Waals surface area contributed by atoms with E-state index in [4.69, 9.17) is 9.41 Å². The van der Waals surface area contributed by atoms with E-state index in [2.05, 4.69) is 24.1 Å². The van der Waals surface area contributed by atoms with Gasteiger partial charge in [-0.15, -0.1) is 24.0 Å². The number of nitrogens with one attached hydrogen (secondary N) is 1. The van der Waals surface area contributed by atoms with Crippen molar-refractivity contribution in [3.05, 3.63) is 24.2 Å². The van der Waals surface area contributed by atoms with Gasteiger partial charge in [-0.25, -0.2) is 0 Å². The van der Waals surface area contributed by atoms with Crippen molar-refractivity contribution in [2.24, 2.45) is 16.8 Å². The Morgan fingerprint density at radius 2 is 2.26 bits per heavy atom. The first-order valence-corrected chi connectivity index (χ1v) is 8.30. The van der Waals surface area contributed by atoms with Gasteiger partial charge in [0.1, 0.15) is 5.76 Å². The molecule has 1 aromatic rings. The molecule has 0 bridgehead atoms. The number of aliphatic hydroxyl groups excluding tert-OH is 1. The molecule has 2 heterocycles. The highest BCUT2D eigenvalue weighted by Gasteiger charge is 2.27. The van der Waals surface area contributed by atoms with E-state index in [-0.39, 0.29) is 30.1 Å². The Labute approximate surface area is 156 Å². The number of likely N-dealkylation sites (tertiary alicyclic amines) is 1. The number of aliphatic imine (C=N–C) groups is 1. The lowest BCUT2D eigenvalue weighted by Gasteiger charge is -2.23. The van der Waals surface area contributed by atoms with E-state index >= 15 is 0 Å². The first kappa shape index (κ1) is 20.3. The van der Waals surface area contributed by atoms with E-state index in [0.29, 0.717) is 11.8 Å². The van der Waals surface area contributed by atoms with Crippen LogP contribution in [0.1, 0.15) is 33.0 Å². The fourth-order valence-corrected chi connectivity index (χ4v) is 2.66. The molecular formula is C17H30IN3O2. The number of hydrogen-bond donors (Lipinski definition) is 2. The van der Waals surface area contributed by atoms with Gasteiger partial charge >= 0.3 is 0 Å². The topological polar surface area (TPSA) is 61.0 Å². The second-order valence-electron chi connectivity index (χ2n) is 6.55. The number of furan rings is 1. The van der Waals surface area contributed by atoms with Crippen LogP contribution in [0.4, 0.5) is 0 Å². The summed E-state index contributed by atoms with van der Waals surface area (Å²) in [5, 5.41) is 13.2. The van der Waals surface area contributed by atoms with Crippen molar-refractivity contribution in [2.75, 3.05) is 26.2 Å². The van der Waals surface area contributed by atoms with Crippen LogP contribution < -0.4 is 5.32 Å². The van der Waals surface area contributed by atoms with Crippen molar-refractivity contribution in [1.29, 1.82) is 0 Å². The van der Waals surface area contributed by atoms with Crippen LogP contribution >= 0.6 is 24.0 Å². The lowest BCUT2D eigenvalue weighted by molar-refractivity contribution is 0.132. The van der Waals surface area contributed by atoms with E-state index in [1.54, 1.807) is 6.26 Å². The second-order valence-corrected chi connectivity index (χ2v) is 6.55. The number of hydrogen-bond acceptors (Lipinski definition) is 3. The van der Waals surface area contributed by atoms with Crippen LogP contribution in [0.5, 0.6) is 0 Å². The average Bonchev–Trinajstić information content (AvgIpc) is 3.13. The Kier molecular flexibility index (Phi) is 8.98. The van der Waals surface area contributed by atoms with Gasteiger partial charge in [-0.05, 0) is 31.4 Å². The summed E-state index contributed by atoms with van der Waals surface area (Å²) >= 11 is 0. The minimum Gasteiger partial charge on any atom is -0.469 e. The molecule has 2 unspecified atom stereocenters. The number of rotatable bonds is 6. The van der Waals surface area contributed by atoms with Crippen LogP contribution in [0.2, 0.25) is 0 Å². The highest BCUT2D eigenvalue weighted by atomic mass is 127. The molecule has 0 amide bonds. The molecule has 1 aliphatic heterocycles. The van der Waals surface area contributed by atoms with Crippen molar-refractivity contribution in [1.82, 2.24) is 10.2 Å². The Hall–Kier alpha value is -0.760. The summed E-state index contributed by atoms with van der Waals surface area (Å²) in [4.78, 5) is 7.00. The van der Waals surface area contributed by atoms with Crippen molar-refractivity contribution >= 4 is 29.9 Å². The molecule has 0 aliphatic carbocycles. The molecule has 6 heteroatoms. The molecule has 0 saturated carbocycles. The third-order valence-electron chi connectivity index (χ3n) is 4.05. The zero-order chi connectivity index (χ0) is 15.9. The van der Waals surface area contributed by atoms with Gasteiger partial charge in [-0.3, -0.25) is 4.99 Å². The molecular weight excluding hydrogens is 405 g/mol. The van der Waals surface area contributed by atoms with Crippen LogP contribution in [0.25, 0.3) is 0 Å². The third-order valence-corrected chi connectivity index (χ3v) is 4.05. The lowest BCUT2D eigenvalue weighted by Crippen LogP contribution is -2.41. The van der Waals surface area contributed by atoms with Crippen molar-refractivity contribution in [2.45, 2.75) is 39.7 Å². The van der Waals surface area contributed by atoms with E-state index in [1.807, 2.05) is 19.1 Å². The fraction of sp³-hybridized carbons (Fsp3) is 0.706.